The first-order chi connectivity index (χ1) is 6.31. The Morgan fingerprint density at radius 3 is 2.64 bits per heavy atom. The summed E-state index contributed by atoms with van der Waals surface area (Å²) in [7, 11) is 1.66. The third-order valence-corrected chi connectivity index (χ3v) is 2.09. The van der Waals surface area contributed by atoms with Crippen LogP contribution in [-0.2, 0) is 0 Å². The van der Waals surface area contributed by atoms with Crippen LogP contribution >= 0.6 is 12.4 Å². The standard InChI is InChI=1S/C11H11NO.ClH/c1-13-11-4-2-3-8-5-6-9(12)7-10(8)11;/h2-7H,12H2,1H3;1H. The Labute approximate surface area is 89.1 Å². The molecule has 2 aromatic carbocycles. The maximum atomic E-state index is 5.69. The van der Waals surface area contributed by atoms with Gasteiger partial charge in [-0.3, -0.25) is 0 Å². The lowest BCUT2D eigenvalue weighted by molar-refractivity contribution is 0.420. The Morgan fingerprint density at radius 2 is 1.93 bits per heavy atom. The van der Waals surface area contributed by atoms with Gasteiger partial charge in [-0.15, -0.1) is 12.4 Å². The van der Waals surface area contributed by atoms with E-state index < -0.39 is 0 Å². The second-order valence-corrected chi connectivity index (χ2v) is 2.94. The second-order valence-electron chi connectivity index (χ2n) is 2.94. The molecule has 0 fully saturated rings. The van der Waals surface area contributed by atoms with Crippen LogP contribution in [0.2, 0.25) is 0 Å². The van der Waals surface area contributed by atoms with Gasteiger partial charge in [0.05, 0.1) is 7.11 Å². The van der Waals surface area contributed by atoms with Gasteiger partial charge in [-0.2, -0.15) is 0 Å². The molecule has 0 aliphatic rings. The lowest BCUT2D eigenvalue weighted by Gasteiger charge is -2.05. The van der Waals surface area contributed by atoms with Gasteiger partial charge >= 0.3 is 0 Å². The molecule has 0 radical (unpaired) electrons. The zero-order valence-corrected chi connectivity index (χ0v) is 8.67. The van der Waals surface area contributed by atoms with E-state index in [1.807, 2.05) is 36.4 Å². The Bertz CT molecular complexity index is 442. The molecule has 74 valence electrons. The minimum absolute atomic E-state index is 0. The largest absolute Gasteiger partial charge is 0.496 e. The van der Waals surface area contributed by atoms with Gasteiger partial charge in [0.25, 0.3) is 0 Å². The fourth-order valence-corrected chi connectivity index (χ4v) is 1.44. The Kier molecular flexibility index (Phi) is 3.20. The van der Waals surface area contributed by atoms with Crippen LogP contribution in [-0.4, -0.2) is 7.11 Å². The number of hydrogen-bond donors (Lipinski definition) is 1. The molecule has 0 aliphatic carbocycles. The molecule has 0 atom stereocenters. The third-order valence-electron chi connectivity index (χ3n) is 2.09. The highest BCUT2D eigenvalue weighted by molar-refractivity contribution is 5.90. The fraction of sp³-hybridized carbons (Fsp3) is 0.0909. The molecule has 3 heteroatoms. The van der Waals surface area contributed by atoms with Gasteiger partial charge in [0.2, 0.25) is 0 Å². The number of nitrogens with two attached hydrogens (primary N) is 1. The van der Waals surface area contributed by atoms with Gasteiger partial charge < -0.3 is 10.5 Å². The van der Waals surface area contributed by atoms with Crippen LogP contribution in [0.25, 0.3) is 10.8 Å². The topological polar surface area (TPSA) is 35.2 Å². The predicted molar refractivity (Wildman–Crippen MR) is 62.2 cm³/mol. The fourth-order valence-electron chi connectivity index (χ4n) is 1.44. The average molecular weight is 210 g/mol. The number of anilines is 1. The third kappa shape index (κ3) is 1.75. The van der Waals surface area contributed by atoms with E-state index in [1.54, 1.807) is 7.11 Å². The minimum atomic E-state index is 0. The summed E-state index contributed by atoms with van der Waals surface area (Å²) in [6.07, 6.45) is 0. The summed E-state index contributed by atoms with van der Waals surface area (Å²) in [5.41, 5.74) is 6.45. The van der Waals surface area contributed by atoms with E-state index in [4.69, 9.17) is 10.5 Å². The molecule has 0 spiro atoms. The molecule has 14 heavy (non-hydrogen) atoms. The Morgan fingerprint density at radius 1 is 1.14 bits per heavy atom. The normalized spacial score (nSPS) is 9.50. The van der Waals surface area contributed by atoms with Crippen LogP contribution in [0.15, 0.2) is 36.4 Å². The van der Waals surface area contributed by atoms with Gasteiger partial charge in [0, 0.05) is 11.1 Å². The zero-order chi connectivity index (χ0) is 9.26. The summed E-state index contributed by atoms with van der Waals surface area (Å²) >= 11 is 0. The highest BCUT2D eigenvalue weighted by Gasteiger charge is 1.99. The molecule has 2 aromatic rings. The van der Waals surface area contributed by atoms with E-state index in [0.29, 0.717) is 0 Å². The molecule has 0 bridgehead atoms. The number of rotatable bonds is 1. The van der Waals surface area contributed by atoms with Crippen LogP contribution < -0.4 is 10.5 Å². The number of hydrogen-bond acceptors (Lipinski definition) is 2. The molecule has 2 rings (SSSR count). The van der Waals surface area contributed by atoms with Gasteiger partial charge in [-0.1, -0.05) is 18.2 Å². The summed E-state index contributed by atoms with van der Waals surface area (Å²) < 4.78 is 5.23. The van der Waals surface area contributed by atoms with Crippen LogP contribution in [0.4, 0.5) is 5.69 Å². The number of halogens is 1. The SMILES string of the molecule is COc1cccc2ccc(N)cc12.Cl. The Balaban J connectivity index is 0.000000980. The van der Waals surface area contributed by atoms with Gasteiger partial charge in [0.1, 0.15) is 5.75 Å². The molecule has 0 amide bonds. The van der Waals surface area contributed by atoms with Gasteiger partial charge in [-0.25, -0.2) is 0 Å². The maximum Gasteiger partial charge on any atom is 0.126 e. The molecule has 0 heterocycles. The molecule has 0 unspecified atom stereocenters. The highest BCUT2D eigenvalue weighted by atomic mass is 35.5. The highest BCUT2D eigenvalue weighted by Crippen LogP contribution is 2.26. The van der Waals surface area contributed by atoms with E-state index in [1.165, 1.54) is 0 Å². The first kappa shape index (κ1) is 10.7. The summed E-state index contributed by atoms with van der Waals surface area (Å²) in [4.78, 5) is 0. The molecule has 0 aliphatic heterocycles. The number of benzene rings is 2. The lowest BCUT2D eigenvalue weighted by Crippen LogP contribution is -1.87. The van der Waals surface area contributed by atoms with E-state index in [-0.39, 0.29) is 12.4 Å². The average Bonchev–Trinajstić information content (AvgIpc) is 2.17. The number of ether oxygens (including phenoxy) is 1. The summed E-state index contributed by atoms with van der Waals surface area (Å²) in [6, 6.07) is 11.7. The first-order valence-electron chi connectivity index (χ1n) is 4.13. The van der Waals surface area contributed by atoms with E-state index in [0.717, 1.165) is 22.2 Å². The zero-order valence-electron chi connectivity index (χ0n) is 7.86. The molecular weight excluding hydrogens is 198 g/mol. The second kappa shape index (κ2) is 4.20. The lowest BCUT2D eigenvalue weighted by atomic mass is 10.1. The van der Waals surface area contributed by atoms with E-state index in [9.17, 15) is 0 Å². The molecule has 2 N–H and O–H groups in total. The Hall–Kier alpha value is -1.41. The van der Waals surface area contributed by atoms with Crippen molar-refractivity contribution in [2.75, 3.05) is 12.8 Å². The maximum absolute atomic E-state index is 5.69. The van der Waals surface area contributed by atoms with Gasteiger partial charge in [-0.05, 0) is 23.6 Å². The van der Waals surface area contributed by atoms with E-state index >= 15 is 0 Å². The monoisotopic (exact) mass is 209 g/mol. The quantitative estimate of drug-likeness (QED) is 0.733. The molecule has 0 saturated carbocycles. The van der Waals surface area contributed by atoms with Crippen molar-refractivity contribution in [1.82, 2.24) is 0 Å². The minimum Gasteiger partial charge on any atom is -0.496 e. The summed E-state index contributed by atoms with van der Waals surface area (Å²) in [5, 5.41) is 2.21. The summed E-state index contributed by atoms with van der Waals surface area (Å²) in [6.45, 7) is 0. The van der Waals surface area contributed by atoms with Crippen molar-refractivity contribution < 1.29 is 4.74 Å². The number of fused-ring (bicyclic) bond motifs is 1. The number of nitrogen functional groups attached to an aromatic ring is 1. The molecule has 0 aromatic heterocycles. The van der Waals surface area contributed by atoms with Crippen molar-refractivity contribution in [2.24, 2.45) is 0 Å². The van der Waals surface area contributed by atoms with Gasteiger partial charge in [0.15, 0.2) is 0 Å². The smallest absolute Gasteiger partial charge is 0.126 e. The van der Waals surface area contributed by atoms with Crippen LogP contribution in [0.3, 0.4) is 0 Å². The molecular formula is C11H12ClNO. The summed E-state index contributed by atoms with van der Waals surface area (Å²) in [5.74, 6) is 0.866. The molecule has 2 nitrogen and oxygen atoms in total. The van der Waals surface area contributed by atoms with Crippen molar-refractivity contribution in [3.8, 4) is 5.75 Å². The van der Waals surface area contributed by atoms with Crippen molar-refractivity contribution in [3.05, 3.63) is 36.4 Å². The van der Waals surface area contributed by atoms with Crippen molar-refractivity contribution in [1.29, 1.82) is 0 Å². The first-order valence-corrected chi connectivity index (χ1v) is 4.13. The molecule has 0 saturated heterocycles. The van der Waals surface area contributed by atoms with E-state index in [2.05, 4.69) is 0 Å². The van der Waals surface area contributed by atoms with Crippen molar-refractivity contribution in [2.45, 2.75) is 0 Å². The van der Waals surface area contributed by atoms with Crippen LogP contribution in [0.1, 0.15) is 0 Å². The predicted octanol–water partition coefficient (Wildman–Crippen LogP) is 2.85. The van der Waals surface area contributed by atoms with Crippen molar-refractivity contribution >= 4 is 28.9 Å². The number of methoxy groups -OCH3 is 1. The van der Waals surface area contributed by atoms with Crippen LogP contribution in [0, 0.1) is 0 Å². The van der Waals surface area contributed by atoms with Crippen LogP contribution in [0.5, 0.6) is 5.75 Å². The van der Waals surface area contributed by atoms with Crippen molar-refractivity contribution in [3.63, 3.8) is 0 Å².